The number of hydrogen-bond acceptors (Lipinski definition) is 5. The predicted octanol–water partition coefficient (Wildman–Crippen LogP) is 2.59. The van der Waals surface area contributed by atoms with Gasteiger partial charge in [0.25, 0.3) is 0 Å². The number of anilines is 2. The van der Waals surface area contributed by atoms with E-state index in [2.05, 4.69) is 20.3 Å². The number of hydrogen-bond donors (Lipinski definition) is 1. The Kier molecular flexibility index (Phi) is 3.39. The zero-order chi connectivity index (χ0) is 12.3. The summed E-state index contributed by atoms with van der Waals surface area (Å²) in [7, 11) is 1.57. The second kappa shape index (κ2) is 4.97. The Labute approximate surface area is 104 Å². The molecule has 2 rings (SSSR count). The monoisotopic (exact) mass is 250 g/mol. The average molecular weight is 251 g/mol. The molecule has 2 aromatic heterocycles. The molecular formula is C11H11ClN4O. The smallest absolute Gasteiger partial charge is 0.224 e. The van der Waals surface area contributed by atoms with Crippen LogP contribution in [0.5, 0.6) is 5.88 Å². The van der Waals surface area contributed by atoms with Gasteiger partial charge in [-0.3, -0.25) is 0 Å². The van der Waals surface area contributed by atoms with Crippen LogP contribution in [0.3, 0.4) is 0 Å². The van der Waals surface area contributed by atoms with Crippen molar-refractivity contribution in [2.45, 2.75) is 6.92 Å². The average Bonchev–Trinajstić information content (AvgIpc) is 2.34. The normalized spacial score (nSPS) is 10.1. The maximum absolute atomic E-state index is 5.73. The highest BCUT2D eigenvalue weighted by atomic mass is 35.5. The molecule has 5 nitrogen and oxygen atoms in total. The van der Waals surface area contributed by atoms with Crippen molar-refractivity contribution in [2.24, 2.45) is 0 Å². The summed E-state index contributed by atoms with van der Waals surface area (Å²) in [5.74, 6) is 1.81. The Bertz CT molecular complexity index is 533. The largest absolute Gasteiger partial charge is 0.481 e. The summed E-state index contributed by atoms with van der Waals surface area (Å²) in [5.41, 5.74) is 0.888. The van der Waals surface area contributed by atoms with Crippen molar-refractivity contribution >= 4 is 23.2 Å². The van der Waals surface area contributed by atoms with E-state index >= 15 is 0 Å². The Morgan fingerprint density at radius 3 is 2.88 bits per heavy atom. The summed E-state index contributed by atoms with van der Waals surface area (Å²) in [5, 5.41) is 3.26. The van der Waals surface area contributed by atoms with Gasteiger partial charge in [0, 0.05) is 17.8 Å². The van der Waals surface area contributed by atoms with Gasteiger partial charge < -0.3 is 10.1 Å². The number of ether oxygens (including phenoxy) is 1. The van der Waals surface area contributed by atoms with Crippen molar-refractivity contribution < 1.29 is 4.74 Å². The predicted molar refractivity (Wildman–Crippen MR) is 65.9 cm³/mol. The summed E-state index contributed by atoms with van der Waals surface area (Å²) < 4.78 is 5.04. The second-order valence-electron chi connectivity index (χ2n) is 3.36. The Balaban J connectivity index is 2.27. The molecule has 0 bridgehead atoms. The lowest BCUT2D eigenvalue weighted by Crippen LogP contribution is -2.00. The van der Waals surface area contributed by atoms with Crippen LogP contribution >= 0.6 is 11.6 Å². The lowest BCUT2D eigenvalue weighted by molar-refractivity contribution is 0.398. The molecule has 0 saturated heterocycles. The Morgan fingerprint density at radius 2 is 2.12 bits per heavy atom. The SMILES string of the molecule is COc1cccc(Nc2nc(Cl)ncc2C)n1. The first-order valence-electron chi connectivity index (χ1n) is 4.96. The topological polar surface area (TPSA) is 59.9 Å². The van der Waals surface area contributed by atoms with Gasteiger partial charge in [0.15, 0.2) is 0 Å². The zero-order valence-electron chi connectivity index (χ0n) is 9.44. The molecule has 6 heteroatoms. The van der Waals surface area contributed by atoms with Crippen molar-refractivity contribution in [1.29, 1.82) is 0 Å². The Hall–Kier alpha value is -1.88. The first-order valence-corrected chi connectivity index (χ1v) is 5.34. The number of aromatic nitrogens is 3. The van der Waals surface area contributed by atoms with Crippen LogP contribution in [0, 0.1) is 6.92 Å². The van der Waals surface area contributed by atoms with E-state index in [1.807, 2.05) is 19.1 Å². The van der Waals surface area contributed by atoms with Crippen LogP contribution in [0.15, 0.2) is 24.4 Å². The first kappa shape index (κ1) is 11.6. The fraction of sp³-hybridized carbons (Fsp3) is 0.182. The molecule has 0 spiro atoms. The highest BCUT2D eigenvalue weighted by molar-refractivity contribution is 6.28. The van der Waals surface area contributed by atoms with E-state index in [0.29, 0.717) is 17.5 Å². The molecule has 2 aromatic rings. The van der Waals surface area contributed by atoms with E-state index in [1.54, 1.807) is 19.4 Å². The van der Waals surface area contributed by atoms with Crippen LogP contribution < -0.4 is 10.1 Å². The molecule has 2 heterocycles. The molecule has 17 heavy (non-hydrogen) atoms. The summed E-state index contributed by atoms with van der Waals surface area (Å²) in [6.45, 7) is 1.89. The molecule has 0 unspecified atom stereocenters. The van der Waals surface area contributed by atoms with Gasteiger partial charge >= 0.3 is 0 Å². The minimum Gasteiger partial charge on any atom is -0.481 e. The summed E-state index contributed by atoms with van der Waals surface area (Å²) in [6, 6.07) is 5.43. The van der Waals surface area contributed by atoms with Crippen molar-refractivity contribution in [2.75, 3.05) is 12.4 Å². The van der Waals surface area contributed by atoms with E-state index in [4.69, 9.17) is 16.3 Å². The highest BCUT2D eigenvalue weighted by Gasteiger charge is 2.04. The highest BCUT2D eigenvalue weighted by Crippen LogP contribution is 2.19. The van der Waals surface area contributed by atoms with Crippen LogP contribution in [-0.4, -0.2) is 22.1 Å². The molecule has 88 valence electrons. The van der Waals surface area contributed by atoms with E-state index in [9.17, 15) is 0 Å². The lowest BCUT2D eigenvalue weighted by atomic mass is 10.3. The van der Waals surface area contributed by atoms with Gasteiger partial charge in [-0.2, -0.15) is 4.98 Å². The fourth-order valence-corrected chi connectivity index (χ4v) is 1.40. The first-order chi connectivity index (χ1) is 8.19. The molecule has 0 radical (unpaired) electrons. The Morgan fingerprint density at radius 1 is 1.29 bits per heavy atom. The fourth-order valence-electron chi connectivity index (χ4n) is 1.27. The maximum atomic E-state index is 5.73. The van der Waals surface area contributed by atoms with Gasteiger partial charge in [-0.15, -0.1) is 0 Å². The number of methoxy groups -OCH3 is 1. The molecule has 1 N–H and O–H groups in total. The number of halogens is 1. The standard InChI is InChI=1S/C11H11ClN4O/c1-7-6-13-11(12)16-10(7)15-8-4-3-5-9(14-8)17-2/h3-6H,1-2H3,(H,13,14,15,16). The maximum Gasteiger partial charge on any atom is 0.224 e. The van der Waals surface area contributed by atoms with Crippen LogP contribution in [0.2, 0.25) is 5.28 Å². The van der Waals surface area contributed by atoms with E-state index in [1.165, 1.54) is 0 Å². The van der Waals surface area contributed by atoms with Gasteiger partial charge in [-0.25, -0.2) is 9.97 Å². The van der Waals surface area contributed by atoms with E-state index < -0.39 is 0 Å². The third kappa shape index (κ3) is 2.82. The van der Waals surface area contributed by atoms with Crippen molar-refractivity contribution in [3.05, 3.63) is 35.2 Å². The quantitative estimate of drug-likeness (QED) is 0.849. The minimum absolute atomic E-state index is 0.195. The number of nitrogens with one attached hydrogen (secondary N) is 1. The lowest BCUT2D eigenvalue weighted by Gasteiger charge is -2.08. The summed E-state index contributed by atoms with van der Waals surface area (Å²) in [4.78, 5) is 12.2. The van der Waals surface area contributed by atoms with Gasteiger partial charge in [0.05, 0.1) is 7.11 Å². The third-order valence-corrected chi connectivity index (χ3v) is 2.30. The second-order valence-corrected chi connectivity index (χ2v) is 3.70. The van der Waals surface area contributed by atoms with Gasteiger partial charge in [-0.05, 0) is 24.6 Å². The third-order valence-electron chi connectivity index (χ3n) is 2.12. The molecule has 0 fully saturated rings. The molecule has 0 atom stereocenters. The molecular weight excluding hydrogens is 240 g/mol. The number of nitrogens with zero attached hydrogens (tertiary/aromatic N) is 3. The minimum atomic E-state index is 0.195. The molecule has 0 aliphatic heterocycles. The number of pyridine rings is 1. The molecule has 0 saturated carbocycles. The van der Waals surface area contributed by atoms with Crippen molar-refractivity contribution in [1.82, 2.24) is 15.0 Å². The van der Waals surface area contributed by atoms with Gasteiger partial charge in [0.2, 0.25) is 11.2 Å². The molecule has 0 aromatic carbocycles. The summed E-state index contributed by atoms with van der Waals surface area (Å²) in [6.07, 6.45) is 1.65. The molecule has 0 amide bonds. The molecule has 0 aliphatic rings. The van der Waals surface area contributed by atoms with E-state index in [-0.39, 0.29) is 5.28 Å². The van der Waals surface area contributed by atoms with Gasteiger partial charge in [0.1, 0.15) is 11.6 Å². The van der Waals surface area contributed by atoms with Crippen molar-refractivity contribution in [3.63, 3.8) is 0 Å². The van der Waals surface area contributed by atoms with Crippen LogP contribution in [0.1, 0.15) is 5.56 Å². The van der Waals surface area contributed by atoms with Crippen LogP contribution in [0.25, 0.3) is 0 Å². The number of rotatable bonds is 3. The summed E-state index contributed by atoms with van der Waals surface area (Å²) >= 11 is 5.73. The number of aryl methyl sites for hydroxylation is 1. The van der Waals surface area contributed by atoms with Crippen LogP contribution in [-0.2, 0) is 0 Å². The van der Waals surface area contributed by atoms with Crippen molar-refractivity contribution in [3.8, 4) is 5.88 Å². The van der Waals surface area contributed by atoms with Crippen LogP contribution in [0.4, 0.5) is 11.6 Å². The zero-order valence-corrected chi connectivity index (χ0v) is 10.2. The molecule has 0 aliphatic carbocycles. The van der Waals surface area contributed by atoms with Gasteiger partial charge in [-0.1, -0.05) is 6.07 Å². The van der Waals surface area contributed by atoms with E-state index in [0.717, 1.165) is 5.56 Å².